The number of benzene rings is 2. The molecule has 2 aromatic carbocycles. The Hall–Kier alpha value is -2.60. The van der Waals surface area contributed by atoms with Crippen LogP contribution in [-0.2, 0) is 14.8 Å². The molecule has 0 aliphatic rings. The second-order valence-corrected chi connectivity index (χ2v) is 7.03. The number of nitrogens with one attached hydrogen (secondary N) is 1. The fourth-order valence-corrected chi connectivity index (χ4v) is 2.39. The molecule has 0 fully saturated rings. The van der Waals surface area contributed by atoms with Crippen molar-refractivity contribution in [2.75, 3.05) is 22.9 Å². The van der Waals surface area contributed by atoms with Crippen LogP contribution in [0.25, 0.3) is 6.08 Å². The highest BCUT2D eigenvalue weighted by atomic mass is 32.2. The molecular formula is C17H18N2O3S. The minimum Gasteiger partial charge on any atom is -0.322 e. The Kier molecular flexibility index (Phi) is 5.18. The number of hydrogen-bond donors (Lipinski definition) is 1. The normalized spacial score (nSPS) is 11.4. The van der Waals surface area contributed by atoms with Crippen LogP contribution in [0.3, 0.4) is 0 Å². The van der Waals surface area contributed by atoms with Crippen LogP contribution in [0.2, 0.25) is 0 Å². The van der Waals surface area contributed by atoms with Gasteiger partial charge in [-0.15, -0.1) is 0 Å². The van der Waals surface area contributed by atoms with Crippen molar-refractivity contribution in [2.45, 2.75) is 0 Å². The highest BCUT2D eigenvalue weighted by Gasteiger charge is 2.12. The summed E-state index contributed by atoms with van der Waals surface area (Å²) in [5, 5.41) is 2.71. The van der Waals surface area contributed by atoms with Crippen molar-refractivity contribution in [3.8, 4) is 0 Å². The van der Waals surface area contributed by atoms with E-state index in [0.717, 1.165) is 16.1 Å². The summed E-state index contributed by atoms with van der Waals surface area (Å²) in [5.41, 5.74) is 1.94. The fourth-order valence-electron chi connectivity index (χ4n) is 1.89. The van der Waals surface area contributed by atoms with E-state index in [-0.39, 0.29) is 5.91 Å². The van der Waals surface area contributed by atoms with Crippen molar-refractivity contribution in [1.82, 2.24) is 0 Å². The Morgan fingerprint density at radius 2 is 1.78 bits per heavy atom. The summed E-state index contributed by atoms with van der Waals surface area (Å²) in [4.78, 5) is 11.9. The van der Waals surface area contributed by atoms with Gasteiger partial charge in [-0.2, -0.15) is 0 Å². The van der Waals surface area contributed by atoms with E-state index in [1.54, 1.807) is 30.3 Å². The Balaban J connectivity index is 2.09. The van der Waals surface area contributed by atoms with Gasteiger partial charge in [0, 0.05) is 18.8 Å². The first-order chi connectivity index (χ1) is 10.9. The van der Waals surface area contributed by atoms with Crippen LogP contribution in [-0.4, -0.2) is 27.6 Å². The van der Waals surface area contributed by atoms with Gasteiger partial charge in [-0.05, 0) is 29.8 Å². The Morgan fingerprint density at radius 1 is 1.09 bits per heavy atom. The maximum absolute atomic E-state index is 11.9. The molecule has 2 aromatic rings. The van der Waals surface area contributed by atoms with Gasteiger partial charge in [-0.1, -0.05) is 36.4 Å². The van der Waals surface area contributed by atoms with E-state index in [0.29, 0.717) is 11.4 Å². The zero-order valence-electron chi connectivity index (χ0n) is 12.9. The second kappa shape index (κ2) is 7.11. The summed E-state index contributed by atoms with van der Waals surface area (Å²) < 4.78 is 24.3. The summed E-state index contributed by atoms with van der Waals surface area (Å²) in [6.45, 7) is 0. The Labute approximate surface area is 136 Å². The molecular weight excluding hydrogens is 312 g/mol. The van der Waals surface area contributed by atoms with Gasteiger partial charge in [0.05, 0.1) is 11.9 Å². The summed E-state index contributed by atoms with van der Waals surface area (Å²) in [5.74, 6) is -0.284. The van der Waals surface area contributed by atoms with E-state index in [1.165, 1.54) is 13.1 Å². The molecule has 5 nitrogen and oxygen atoms in total. The molecule has 0 bridgehead atoms. The number of nitrogens with zero attached hydrogens (tertiary/aromatic N) is 1. The smallest absolute Gasteiger partial charge is 0.248 e. The van der Waals surface area contributed by atoms with Crippen LogP contribution in [0, 0.1) is 0 Å². The van der Waals surface area contributed by atoms with E-state index < -0.39 is 10.0 Å². The van der Waals surface area contributed by atoms with Crippen LogP contribution in [0.4, 0.5) is 11.4 Å². The molecule has 0 saturated heterocycles. The third-order valence-corrected chi connectivity index (χ3v) is 4.41. The number of hydrogen-bond acceptors (Lipinski definition) is 3. The number of amides is 1. The fraction of sp³-hybridized carbons (Fsp3) is 0.118. The largest absolute Gasteiger partial charge is 0.322 e. The third-order valence-electron chi connectivity index (χ3n) is 3.20. The minimum atomic E-state index is -3.34. The molecule has 0 heterocycles. The predicted molar refractivity (Wildman–Crippen MR) is 93.8 cm³/mol. The van der Waals surface area contributed by atoms with E-state index in [2.05, 4.69) is 5.32 Å². The Morgan fingerprint density at radius 3 is 2.43 bits per heavy atom. The van der Waals surface area contributed by atoms with Gasteiger partial charge < -0.3 is 5.32 Å². The monoisotopic (exact) mass is 330 g/mol. The topological polar surface area (TPSA) is 66.5 Å². The van der Waals surface area contributed by atoms with Crippen molar-refractivity contribution in [2.24, 2.45) is 0 Å². The highest BCUT2D eigenvalue weighted by molar-refractivity contribution is 7.92. The average Bonchev–Trinajstić information content (AvgIpc) is 2.52. The lowest BCUT2D eigenvalue weighted by Crippen LogP contribution is -2.24. The molecule has 0 atom stereocenters. The van der Waals surface area contributed by atoms with Gasteiger partial charge in [0.1, 0.15) is 0 Å². The Bertz CT molecular complexity index is 815. The highest BCUT2D eigenvalue weighted by Crippen LogP contribution is 2.20. The third kappa shape index (κ3) is 4.96. The van der Waals surface area contributed by atoms with Crippen molar-refractivity contribution in [1.29, 1.82) is 0 Å². The standard InChI is InChI=1S/C17H18N2O3S/c1-19(23(2,21)22)16-10-6-9-15(13-16)18-17(20)12-11-14-7-4-3-5-8-14/h3-13H,1-2H3,(H,18,20)/b12-11+. The van der Waals surface area contributed by atoms with Gasteiger partial charge >= 0.3 is 0 Å². The molecule has 0 aromatic heterocycles. The van der Waals surface area contributed by atoms with Crippen LogP contribution >= 0.6 is 0 Å². The van der Waals surface area contributed by atoms with E-state index >= 15 is 0 Å². The maximum Gasteiger partial charge on any atom is 0.248 e. The van der Waals surface area contributed by atoms with Gasteiger partial charge in [0.2, 0.25) is 15.9 Å². The summed E-state index contributed by atoms with van der Waals surface area (Å²) in [6.07, 6.45) is 4.27. The minimum absolute atomic E-state index is 0.284. The zero-order chi connectivity index (χ0) is 16.9. The van der Waals surface area contributed by atoms with Gasteiger partial charge in [0.25, 0.3) is 0 Å². The zero-order valence-corrected chi connectivity index (χ0v) is 13.7. The number of sulfonamides is 1. The first kappa shape index (κ1) is 16.8. The average molecular weight is 330 g/mol. The van der Waals surface area contributed by atoms with Crippen molar-refractivity contribution in [3.05, 3.63) is 66.2 Å². The molecule has 0 radical (unpaired) electrons. The molecule has 0 spiro atoms. The molecule has 1 amide bonds. The summed E-state index contributed by atoms with van der Waals surface area (Å²) >= 11 is 0. The maximum atomic E-state index is 11.9. The molecule has 1 N–H and O–H groups in total. The van der Waals surface area contributed by atoms with Gasteiger partial charge in [-0.3, -0.25) is 9.10 Å². The van der Waals surface area contributed by atoms with Crippen LogP contribution < -0.4 is 9.62 Å². The lowest BCUT2D eigenvalue weighted by molar-refractivity contribution is -0.111. The summed E-state index contributed by atoms with van der Waals surface area (Å²) in [7, 11) is -1.88. The molecule has 0 aliphatic carbocycles. The van der Waals surface area contributed by atoms with E-state index in [4.69, 9.17) is 0 Å². The van der Waals surface area contributed by atoms with E-state index in [1.807, 2.05) is 30.3 Å². The number of carbonyl (C=O) groups is 1. The summed E-state index contributed by atoms with van der Waals surface area (Å²) in [6, 6.07) is 16.1. The van der Waals surface area contributed by atoms with Gasteiger partial charge in [0.15, 0.2) is 0 Å². The van der Waals surface area contributed by atoms with Crippen LogP contribution in [0.15, 0.2) is 60.7 Å². The lowest BCUT2D eigenvalue weighted by atomic mass is 10.2. The number of rotatable bonds is 5. The lowest BCUT2D eigenvalue weighted by Gasteiger charge is -2.17. The van der Waals surface area contributed by atoms with Crippen molar-refractivity contribution >= 4 is 33.4 Å². The van der Waals surface area contributed by atoms with Gasteiger partial charge in [-0.25, -0.2) is 8.42 Å². The molecule has 120 valence electrons. The van der Waals surface area contributed by atoms with E-state index in [9.17, 15) is 13.2 Å². The van der Waals surface area contributed by atoms with Crippen LogP contribution in [0.1, 0.15) is 5.56 Å². The molecule has 2 rings (SSSR count). The molecule has 0 aliphatic heterocycles. The first-order valence-corrected chi connectivity index (χ1v) is 8.79. The predicted octanol–water partition coefficient (Wildman–Crippen LogP) is 2.73. The SMILES string of the molecule is CN(c1cccc(NC(=O)/C=C/c2ccccc2)c1)S(C)(=O)=O. The second-order valence-electron chi connectivity index (χ2n) is 5.01. The van der Waals surface area contributed by atoms with Crippen molar-refractivity contribution in [3.63, 3.8) is 0 Å². The van der Waals surface area contributed by atoms with Crippen molar-refractivity contribution < 1.29 is 13.2 Å². The quantitative estimate of drug-likeness (QED) is 0.857. The molecule has 6 heteroatoms. The number of carbonyl (C=O) groups excluding carboxylic acids is 1. The molecule has 23 heavy (non-hydrogen) atoms. The molecule has 0 unspecified atom stereocenters. The molecule has 0 saturated carbocycles. The number of anilines is 2. The van der Waals surface area contributed by atoms with Crippen LogP contribution in [0.5, 0.6) is 0 Å². The first-order valence-electron chi connectivity index (χ1n) is 6.94.